The molecular weight excluding hydrogens is 368 g/mol. The predicted molar refractivity (Wildman–Crippen MR) is 99.8 cm³/mol. The molecule has 0 aliphatic rings. The van der Waals surface area contributed by atoms with Crippen molar-refractivity contribution in [3.63, 3.8) is 0 Å². The number of hydrogen-bond donors (Lipinski definition) is 2. The molecule has 0 atom stereocenters. The number of nitrogens with zero attached hydrogens (tertiary/aromatic N) is 2. The van der Waals surface area contributed by atoms with Crippen molar-refractivity contribution in [2.24, 2.45) is 0 Å². The third-order valence-electron chi connectivity index (χ3n) is 4.23. The fourth-order valence-electron chi connectivity index (χ4n) is 2.98. The van der Waals surface area contributed by atoms with Crippen molar-refractivity contribution in [3.05, 3.63) is 77.5 Å². The van der Waals surface area contributed by atoms with Crippen LogP contribution in [0, 0.1) is 0 Å². The molecule has 0 saturated carbocycles. The predicted octanol–water partition coefficient (Wildman–Crippen LogP) is 3.34. The van der Waals surface area contributed by atoms with E-state index in [1.807, 2.05) is 30.3 Å². The first-order chi connectivity index (χ1) is 13.5. The van der Waals surface area contributed by atoms with Gasteiger partial charge in [-0.1, -0.05) is 30.3 Å². The summed E-state index contributed by atoms with van der Waals surface area (Å²) in [6, 6.07) is 15.3. The Morgan fingerprint density at radius 3 is 2.50 bits per heavy atom. The van der Waals surface area contributed by atoms with Crippen LogP contribution in [0.3, 0.4) is 0 Å². The zero-order valence-electron chi connectivity index (χ0n) is 14.5. The second-order valence-corrected chi connectivity index (χ2v) is 6.10. The van der Waals surface area contributed by atoms with Crippen molar-refractivity contribution in [2.75, 3.05) is 6.61 Å². The first kappa shape index (κ1) is 17.9. The van der Waals surface area contributed by atoms with Crippen molar-refractivity contribution < 1.29 is 18.6 Å². The molecule has 2 N–H and O–H groups in total. The molecule has 0 aliphatic carbocycles. The number of alkyl halides is 2. The van der Waals surface area contributed by atoms with Gasteiger partial charge in [-0.25, -0.2) is 4.98 Å². The number of ether oxygens (including phenoxy) is 1. The number of aliphatic hydroxyl groups is 1. The molecule has 8 heteroatoms. The SMILES string of the molecule is O=c1[nH]cnc2c(-c3ccccc3)cn(-c3ccc(OC(F)(F)CO)cc3)c12. The number of aromatic nitrogens is 3. The number of fused-ring (bicyclic) bond motifs is 1. The fraction of sp³-hybridized carbons (Fsp3) is 0.100. The first-order valence-electron chi connectivity index (χ1n) is 8.41. The van der Waals surface area contributed by atoms with Crippen LogP contribution in [-0.2, 0) is 0 Å². The van der Waals surface area contributed by atoms with E-state index in [-0.39, 0.29) is 11.3 Å². The van der Waals surface area contributed by atoms with Gasteiger partial charge in [-0.05, 0) is 29.8 Å². The molecule has 0 spiro atoms. The highest BCUT2D eigenvalue weighted by Gasteiger charge is 2.30. The first-order valence-corrected chi connectivity index (χ1v) is 8.41. The van der Waals surface area contributed by atoms with Crippen LogP contribution in [0.15, 0.2) is 71.9 Å². The van der Waals surface area contributed by atoms with E-state index in [0.717, 1.165) is 11.1 Å². The normalized spacial score (nSPS) is 11.7. The van der Waals surface area contributed by atoms with E-state index in [9.17, 15) is 13.6 Å². The van der Waals surface area contributed by atoms with Gasteiger partial charge in [0.05, 0.1) is 6.33 Å². The molecular formula is C20H15F2N3O3. The molecule has 0 bridgehead atoms. The van der Waals surface area contributed by atoms with E-state index in [1.165, 1.54) is 18.5 Å². The summed E-state index contributed by atoms with van der Waals surface area (Å²) in [5, 5.41) is 8.62. The number of aliphatic hydroxyl groups excluding tert-OH is 1. The summed E-state index contributed by atoms with van der Waals surface area (Å²) in [5.74, 6) is -0.102. The van der Waals surface area contributed by atoms with Crippen LogP contribution >= 0.6 is 0 Å². The van der Waals surface area contributed by atoms with E-state index in [1.54, 1.807) is 22.9 Å². The summed E-state index contributed by atoms with van der Waals surface area (Å²) in [6.45, 7) is -1.42. The van der Waals surface area contributed by atoms with Crippen molar-refractivity contribution in [3.8, 4) is 22.6 Å². The van der Waals surface area contributed by atoms with Crippen LogP contribution in [0.4, 0.5) is 8.78 Å². The van der Waals surface area contributed by atoms with Crippen molar-refractivity contribution >= 4 is 11.0 Å². The van der Waals surface area contributed by atoms with Crippen LogP contribution in [0.2, 0.25) is 0 Å². The van der Waals surface area contributed by atoms with Gasteiger partial charge >= 0.3 is 6.11 Å². The average Bonchev–Trinajstić information content (AvgIpc) is 3.10. The molecule has 0 saturated heterocycles. The molecule has 142 valence electrons. The minimum atomic E-state index is -3.66. The lowest BCUT2D eigenvalue weighted by molar-refractivity contribution is -0.200. The zero-order valence-corrected chi connectivity index (χ0v) is 14.5. The monoisotopic (exact) mass is 383 g/mol. The summed E-state index contributed by atoms with van der Waals surface area (Å²) in [5.41, 5.74) is 2.79. The molecule has 2 aromatic carbocycles. The highest BCUT2D eigenvalue weighted by Crippen LogP contribution is 2.30. The van der Waals surface area contributed by atoms with E-state index in [2.05, 4.69) is 14.7 Å². The maximum absolute atomic E-state index is 13.2. The third kappa shape index (κ3) is 3.25. The molecule has 2 heterocycles. The van der Waals surface area contributed by atoms with E-state index in [4.69, 9.17) is 5.11 Å². The van der Waals surface area contributed by atoms with Gasteiger partial charge in [0, 0.05) is 17.4 Å². The van der Waals surface area contributed by atoms with Gasteiger partial charge in [0.1, 0.15) is 23.4 Å². The van der Waals surface area contributed by atoms with Gasteiger partial charge in [-0.2, -0.15) is 8.78 Å². The maximum atomic E-state index is 13.2. The molecule has 28 heavy (non-hydrogen) atoms. The van der Waals surface area contributed by atoms with Gasteiger partial charge in [-0.3, -0.25) is 4.79 Å². The van der Waals surface area contributed by atoms with Gasteiger partial charge in [0.25, 0.3) is 5.56 Å². The Labute approximate surface area is 157 Å². The van der Waals surface area contributed by atoms with Crippen molar-refractivity contribution in [1.82, 2.24) is 14.5 Å². The fourth-order valence-corrected chi connectivity index (χ4v) is 2.98. The molecule has 0 fully saturated rings. The lowest BCUT2D eigenvalue weighted by Crippen LogP contribution is -2.29. The average molecular weight is 383 g/mol. The number of nitrogens with one attached hydrogen (secondary N) is 1. The van der Waals surface area contributed by atoms with E-state index < -0.39 is 12.7 Å². The molecule has 0 radical (unpaired) electrons. The minimum Gasteiger partial charge on any atom is -0.431 e. The topological polar surface area (TPSA) is 80.1 Å². The largest absolute Gasteiger partial charge is 0.431 e. The standard InChI is InChI=1S/C20H15F2N3O3/c21-20(22,11-26)28-15-8-6-14(7-9-15)25-10-16(13-4-2-1-3-5-13)17-18(25)19(27)24-12-23-17/h1-10,12,26H,11H2,(H,23,24,27). The summed E-state index contributed by atoms with van der Waals surface area (Å²) in [7, 11) is 0. The number of halogens is 2. The molecule has 4 rings (SSSR count). The Hall–Kier alpha value is -3.52. The van der Waals surface area contributed by atoms with E-state index in [0.29, 0.717) is 16.7 Å². The lowest BCUT2D eigenvalue weighted by atomic mass is 10.1. The van der Waals surface area contributed by atoms with Crippen LogP contribution in [0.5, 0.6) is 5.75 Å². The Morgan fingerprint density at radius 2 is 1.82 bits per heavy atom. The van der Waals surface area contributed by atoms with Gasteiger partial charge < -0.3 is 19.4 Å². The number of benzene rings is 2. The summed E-state index contributed by atoms with van der Waals surface area (Å²) < 4.78 is 32.5. The Balaban J connectivity index is 1.82. The second kappa shape index (κ2) is 6.90. The molecule has 2 aromatic heterocycles. The minimum absolute atomic E-state index is 0.102. The molecule has 0 amide bonds. The van der Waals surface area contributed by atoms with Crippen LogP contribution in [0.1, 0.15) is 0 Å². The molecule has 4 aromatic rings. The lowest BCUT2D eigenvalue weighted by Gasteiger charge is -2.15. The van der Waals surface area contributed by atoms with Crippen LogP contribution in [-0.4, -0.2) is 32.4 Å². The van der Waals surface area contributed by atoms with Crippen molar-refractivity contribution in [2.45, 2.75) is 6.11 Å². The van der Waals surface area contributed by atoms with Gasteiger partial charge in [-0.15, -0.1) is 0 Å². The molecule has 0 unspecified atom stereocenters. The molecule has 6 nitrogen and oxygen atoms in total. The number of H-pyrrole nitrogens is 1. The number of hydrogen-bond acceptors (Lipinski definition) is 4. The third-order valence-corrected chi connectivity index (χ3v) is 4.23. The highest BCUT2D eigenvalue weighted by molar-refractivity contribution is 5.93. The summed E-state index contributed by atoms with van der Waals surface area (Å²) in [6.07, 6.45) is -0.543. The Bertz CT molecular complexity index is 1170. The van der Waals surface area contributed by atoms with Gasteiger partial charge in [0.15, 0.2) is 0 Å². The Kier molecular flexibility index (Phi) is 4.40. The highest BCUT2D eigenvalue weighted by atomic mass is 19.3. The second-order valence-electron chi connectivity index (χ2n) is 6.10. The Morgan fingerprint density at radius 1 is 1.11 bits per heavy atom. The van der Waals surface area contributed by atoms with Crippen LogP contribution in [0.25, 0.3) is 27.8 Å². The molecule has 0 aliphatic heterocycles. The zero-order chi connectivity index (χ0) is 19.7. The summed E-state index contributed by atoms with van der Waals surface area (Å²) in [4.78, 5) is 19.3. The summed E-state index contributed by atoms with van der Waals surface area (Å²) >= 11 is 0. The number of aromatic amines is 1. The smallest absolute Gasteiger partial charge is 0.421 e. The van der Waals surface area contributed by atoms with Gasteiger partial charge in [0.2, 0.25) is 0 Å². The maximum Gasteiger partial charge on any atom is 0.421 e. The van der Waals surface area contributed by atoms with Crippen molar-refractivity contribution in [1.29, 1.82) is 0 Å². The number of rotatable bonds is 5. The van der Waals surface area contributed by atoms with Crippen LogP contribution < -0.4 is 10.3 Å². The van der Waals surface area contributed by atoms with E-state index >= 15 is 0 Å². The quantitative estimate of drug-likeness (QED) is 0.554.